The van der Waals surface area contributed by atoms with Crippen molar-refractivity contribution in [3.05, 3.63) is 129 Å². The van der Waals surface area contributed by atoms with E-state index in [1.54, 1.807) is 19.5 Å². The molecule has 16 nitrogen and oxygen atoms in total. The first-order valence-electron chi connectivity index (χ1n) is 20.9. The standard InChI is InChI=1S/C45H55F3N5O11P/c1-30(2)53(31(3)4)65(62-25-10-22-49)64-39-37(63-41(52-24-21-38(54)51-43(52)56)40(39)60-28-27-59-26-23-50-42(55)45(46,47)48)29-61-44(32-11-8-7-9-12-32,33-13-17-35(57-5)18-14-33)34-15-19-36(58-6)20-16-34/h7-9,11-21,24,30-31,37,39-41H,10,23,25-29H2,1-6H3,(H,50,55)(H,51,54,56)/t37-,39-,40-,41-,65?/m1/s1. The first-order valence-corrected chi connectivity index (χ1v) is 22.0. The number of alkyl halides is 3. The highest BCUT2D eigenvalue weighted by atomic mass is 31.2. The van der Waals surface area contributed by atoms with E-state index in [4.69, 9.17) is 37.5 Å². The van der Waals surface area contributed by atoms with Crippen molar-refractivity contribution >= 4 is 14.4 Å². The predicted molar refractivity (Wildman–Crippen MR) is 233 cm³/mol. The van der Waals surface area contributed by atoms with Gasteiger partial charge < -0.3 is 42.8 Å². The topological polar surface area (TPSA) is 185 Å². The number of hydrogen-bond acceptors (Lipinski definition) is 13. The summed E-state index contributed by atoms with van der Waals surface area (Å²) < 4.78 is 91.7. The third-order valence-electron chi connectivity index (χ3n) is 10.2. The monoisotopic (exact) mass is 929 g/mol. The molecule has 3 aromatic carbocycles. The van der Waals surface area contributed by atoms with Crippen LogP contribution in [0.4, 0.5) is 13.2 Å². The van der Waals surface area contributed by atoms with E-state index in [0.29, 0.717) is 11.5 Å². The van der Waals surface area contributed by atoms with Crippen LogP contribution >= 0.6 is 8.53 Å². The van der Waals surface area contributed by atoms with E-state index in [2.05, 4.69) is 11.1 Å². The quantitative estimate of drug-likeness (QED) is 0.0460. The molecule has 4 aromatic rings. The smallest absolute Gasteiger partial charge is 0.471 e. The highest BCUT2D eigenvalue weighted by molar-refractivity contribution is 7.44. The van der Waals surface area contributed by atoms with Gasteiger partial charge in [0, 0.05) is 30.9 Å². The number of carbonyl (C=O) groups is 1. The number of H-pyrrole nitrogens is 1. The van der Waals surface area contributed by atoms with Crippen molar-refractivity contribution in [3.63, 3.8) is 0 Å². The summed E-state index contributed by atoms with van der Waals surface area (Å²) in [6.45, 7) is 6.72. The van der Waals surface area contributed by atoms with E-state index in [-0.39, 0.29) is 51.5 Å². The van der Waals surface area contributed by atoms with Gasteiger partial charge in [-0.25, -0.2) is 9.46 Å². The summed E-state index contributed by atoms with van der Waals surface area (Å²) in [5.74, 6) is -0.859. The molecule has 0 radical (unpaired) electrons. The zero-order chi connectivity index (χ0) is 47.1. The molecular weight excluding hydrogens is 874 g/mol. The third-order valence-corrected chi connectivity index (χ3v) is 12.4. The second kappa shape index (κ2) is 23.9. The number of halogens is 3. The minimum absolute atomic E-state index is 0.0337. The average molecular weight is 930 g/mol. The molecule has 0 saturated carbocycles. The number of nitrogens with one attached hydrogen (secondary N) is 2. The van der Waals surface area contributed by atoms with Crippen LogP contribution in [0.25, 0.3) is 0 Å². The van der Waals surface area contributed by atoms with Crippen molar-refractivity contribution in [2.24, 2.45) is 0 Å². The first kappa shape index (κ1) is 50.8. The normalized spacial score (nSPS) is 18.2. The summed E-state index contributed by atoms with van der Waals surface area (Å²) >= 11 is 0. The largest absolute Gasteiger partial charge is 0.497 e. The SMILES string of the molecule is COc1ccc(C(OC[C@H]2O[C@@H](n3ccc(=O)[nH]c3=O)[C@H](OCCOCCNC(=O)C(F)(F)F)[C@@H]2OP(OCCC#N)N(C(C)C)C(C)C)(c2ccccc2)c2ccc(OC)cc2)cc1. The number of aromatic amines is 1. The molecular formula is C45H55F3N5O11P. The van der Waals surface area contributed by atoms with E-state index in [9.17, 15) is 32.8 Å². The molecule has 2 heterocycles. The van der Waals surface area contributed by atoms with Gasteiger partial charge in [-0.2, -0.15) is 18.4 Å². The first-order chi connectivity index (χ1) is 31.1. The lowest BCUT2D eigenvalue weighted by Gasteiger charge is -2.39. The van der Waals surface area contributed by atoms with Crippen LogP contribution in [0.3, 0.4) is 0 Å². The molecule has 1 fully saturated rings. The lowest BCUT2D eigenvalue weighted by Crippen LogP contribution is -2.44. The lowest BCUT2D eigenvalue weighted by molar-refractivity contribution is -0.173. The Bertz CT molecular complexity index is 2200. The fourth-order valence-corrected chi connectivity index (χ4v) is 9.13. The maximum absolute atomic E-state index is 13.5. The van der Waals surface area contributed by atoms with Gasteiger partial charge in [-0.3, -0.25) is 19.1 Å². The van der Waals surface area contributed by atoms with Crippen LogP contribution in [-0.2, 0) is 38.4 Å². The van der Waals surface area contributed by atoms with E-state index < -0.39 is 68.5 Å². The number of rotatable bonds is 24. The van der Waals surface area contributed by atoms with Gasteiger partial charge >= 0.3 is 17.8 Å². The molecule has 5 rings (SSSR count). The molecule has 1 amide bonds. The van der Waals surface area contributed by atoms with Crippen LogP contribution in [-0.4, -0.2) is 110 Å². The molecule has 1 aliphatic heterocycles. The maximum atomic E-state index is 13.5. The number of ether oxygens (including phenoxy) is 6. The zero-order valence-electron chi connectivity index (χ0n) is 37.0. The van der Waals surface area contributed by atoms with Gasteiger partial charge in [-0.15, -0.1) is 0 Å². The minimum atomic E-state index is -5.04. The zero-order valence-corrected chi connectivity index (χ0v) is 37.9. The van der Waals surface area contributed by atoms with Crippen LogP contribution in [0, 0.1) is 11.3 Å². The highest BCUT2D eigenvalue weighted by Gasteiger charge is 2.51. The van der Waals surface area contributed by atoms with Crippen LogP contribution in [0.5, 0.6) is 11.5 Å². The predicted octanol–water partition coefficient (Wildman–Crippen LogP) is 6.20. The van der Waals surface area contributed by atoms with Gasteiger partial charge in [0.1, 0.15) is 35.4 Å². The van der Waals surface area contributed by atoms with E-state index in [0.717, 1.165) is 27.3 Å². The van der Waals surface area contributed by atoms with Gasteiger partial charge in [-0.05, 0) is 68.7 Å². The van der Waals surface area contributed by atoms with Crippen LogP contribution < -0.4 is 26.0 Å². The summed E-state index contributed by atoms with van der Waals surface area (Å²) in [5.41, 5.74) is -0.566. The number of methoxy groups -OCH3 is 2. The fraction of sp³-hybridized carbons (Fsp3) is 0.467. The van der Waals surface area contributed by atoms with Crippen molar-refractivity contribution < 1.29 is 55.4 Å². The number of benzene rings is 3. The number of nitriles is 1. The fourth-order valence-electron chi connectivity index (χ4n) is 7.36. The highest BCUT2D eigenvalue weighted by Crippen LogP contribution is 2.51. The molecule has 0 spiro atoms. The Morgan fingerprint density at radius 1 is 0.862 bits per heavy atom. The number of hydrogen-bond donors (Lipinski definition) is 2. The van der Waals surface area contributed by atoms with E-state index in [1.807, 2.05) is 111 Å². The molecule has 1 aliphatic rings. The summed E-state index contributed by atoms with van der Waals surface area (Å²) in [7, 11) is 1.17. The van der Waals surface area contributed by atoms with Gasteiger partial charge in [-0.1, -0.05) is 54.6 Å². The molecule has 5 atom stereocenters. The molecule has 0 aliphatic carbocycles. The van der Waals surface area contributed by atoms with Crippen molar-refractivity contribution in [3.8, 4) is 17.6 Å². The molecule has 1 unspecified atom stereocenters. The summed E-state index contributed by atoms with van der Waals surface area (Å²) in [6, 6.07) is 27.5. The Morgan fingerprint density at radius 2 is 1.46 bits per heavy atom. The minimum Gasteiger partial charge on any atom is -0.497 e. The number of aromatic nitrogens is 2. The summed E-state index contributed by atoms with van der Waals surface area (Å²) in [6.07, 6.45) is -8.21. The number of carbonyl (C=O) groups excluding carboxylic acids is 1. The molecule has 0 bridgehead atoms. The van der Waals surface area contributed by atoms with Crippen LogP contribution in [0.2, 0.25) is 0 Å². The molecule has 65 heavy (non-hydrogen) atoms. The van der Waals surface area contributed by atoms with Crippen LogP contribution in [0.1, 0.15) is 57.0 Å². The van der Waals surface area contributed by atoms with Gasteiger partial charge in [0.15, 0.2) is 6.23 Å². The molecule has 20 heteroatoms. The Morgan fingerprint density at radius 3 is 2.00 bits per heavy atom. The van der Waals surface area contributed by atoms with Gasteiger partial charge in [0.2, 0.25) is 0 Å². The Balaban J connectivity index is 1.60. The molecule has 352 valence electrons. The second-order valence-corrected chi connectivity index (χ2v) is 16.6. The third kappa shape index (κ3) is 13.0. The van der Waals surface area contributed by atoms with Crippen molar-refractivity contribution in [1.82, 2.24) is 19.5 Å². The Kier molecular flexibility index (Phi) is 18.7. The van der Waals surface area contributed by atoms with Gasteiger partial charge in [0.05, 0.1) is 59.7 Å². The second-order valence-electron chi connectivity index (χ2n) is 15.2. The summed E-state index contributed by atoms with van der Waals surface area (Å²) in [4.78, 5) is 39.3. The van der Waals surface area contributed by atoms with Crippen molar-refractivity contribution in [2.45, 2.75) is 82.5 Å². The Labute approximate surface area is 376 Å². The maximum Gasteiger partial charge on any atom is 0.471 e. The van der Waals surface area contributed by atoms with Crippen molar-refractivity contribution in [1.29, 1.82) is 5.26 Å². The van der Waals surface area contributed by atoms with Crippen molar-refractivity contribution in [2.75, 3.05) is 53.8 Å². The lowest BCUT2D eigenvalue weighted by atomic mass is 9.80. The number of amides is 1. The molecule has 1 saturated heterocycles. The molecule has 2 N–H and O–H groups in total. The van der Waals surface area contributed by atoms with Crippen LogP contribution in [0.15, 0.2) is 101 Å². The van der Waals surface area contributed by atoms with E-state index in [1.165, 1.54) is 6.20 Å². The van der Waals surface area contributed by atoms with Gasteiger partial charge in [0.25, 0.3) is 14.1 Å². The van der Waals surface area contributed by atoms with E-state index >= 15 is 0 Å². The number of nitrogens with zero attached hydrogens (tertiary/aromatic N) is 3. The Hall–Kier alpha value is -5.16. The summed E-state index contributed by atoms with van der Waals surface area (Å²) in [5, 5.41) is 11.2. The molecule has 1 aromatic heterocycles. The average Bonchev–Trinajstić information content (AvgIpc) is 3.61.